The summed E-state index contributed by atoms with van der Waals surface area (Å²) >= 11 is 3.38. The second kappa shape index (κ2) is 7.42. The lowest BCUT2D eigenvalue weighted by molar-refractivity contribution is -0.141. The maximum Gasteiger partial charge on any atom is 0.435 e. The third kappa shape index (κ3) is 4.66. The third-order valence-corrected chi connectivity index (χ3v) is 4.94. The molecule has 1 aliphatic carbocycles. The maximum atomic E-state index is 12.9. The molecule has 6 nitrogen and oxygen atoms in total. The van der Waals surface area contributed by atoms with Crippen molar-refractivity contribution in [3.05, 3.63) is 33.8 Å². The summed E-state index contributed by atoms with van der Waals surface area (Å²) in [5, 5.41) is 10.6. The van der Waals surface area contributed by atoms with E-state index < -0.39 is 11.9 Å². The molecule has 0 aromatic carbocycles. The van der Waals surface area contributed by atoms with E-state index in [1.807, 2.05) is 13.1 Å². The molecular weight excluding hydrogens is 415 g/mol. The molecule has 0 atom stereocenters. The molecule has 0 bridgehead atoms. The van der Waals surface area contributed by atoms with Crippen molar-refractivity contribution in [1.82, 2.24) is 24.9 Å². The number of amides is 1. The van der Waals surface area contributed by atoms with Crippen LogP contribution < -0.4 is 5.32 Å². The maximum absolute atomic E-state index is 12.9. The first-order chi connectivity index (χ1) is 12.2. The SMILES string of the molecule is Cc1nn(CCCNC(=O)Cn2nc(C(F)(F)F)cc2C2CC2)cc1Br. The Balaban J connectivity index is 1.51. The molecular formula is C16H19BrF3N5O. The predicted octanol–water partition coefficient (Wildman–Crippen LogP) is 3.25. The van der Waals surface area contributed by atoms with Crippen molar-refractivity contribution < 1.29 is 18.0 Å². The van der Waals surface area contributed by atoms with Crippen LogP contribution in [0.25, 0.3) is 0 Å². The number of carbonyl (C=O) groups excluding carboxylic acids is 1. The van der Waals surface area contributed by atoms with E-state index in [1.165, 1.54) is 4.68 Å². The predicted molar refractivity (Wildman–Crippen MR) is 91.5 cm³/mol. The van der Waals surface area contributed by atoms with Crippen LogP contribution in [0.3, 0.4) is 0 Å². The molecule has 1 N–H and O–H groups in total. The first kappa shape index (κ1) is 18.9. The second-order valence-corrected chi connectivity index (χ2v) is 7.27. The van der Waals surface area contributed by atoms with Crippen LogP contribution in [0.1, 0.15) is 42.3 Å². The number of nitrogens with one attached hydrogen (secondary N) is 1. The first-order valence-corrected chi connectivity index (χ1v) is 9.14. The number of halogens is 4. The van der Waals surface area contributed by atoms with Gasteiger partial charge in [-0.05, 0) is 48.2 Å². The van der Waals surface area contributed by atoms with E-state index >= 15 is 0 Å². The third-order valence-electron chi connectivity index (χ3n) is 4.16. The Labute approximate surface area is 156 Å². The monoisotopic (exact) mass is 433 g/mol. The number of hydrogen-bond acceptors (Lipinski definition) is 3. The first-order valence-electron chi connectivity index (χ1n) is 8.35. The molecule has 10 heteroatoms. The van der Waals surface area contributed by atoms with Crippen molar-refractivity contribution in [2.75, 3.05) is 6.54 Å². The standard InChI is InChI=1S/C16H19BrF3N5O/c1-10-12(17)8-24(22-10)6-2-5-21-15(26)9-25-13(11-3-4-11)7-14(23-25)16(18,19)20/h7-8,11H,2-6,9H2,1H3,(H,21,26). The minimum Gasteiger partial charge on any atom is -0.354 e. The van der Waals surface area contributed by atoms with Crippen LogP contribution in [0.5, 0.6) is 0 Å². The summed E-state index contributed by atoms with van der Waals surface area (Å²) in [7, 11) is 0. The highest BCUT2D eigenvalue weighted by Gasteiger charge is 2.38. The zero-order valence-corrected chi connectivity index (χ0v) is 15.8. The van der Waals surface area contributed by atoms with E-state index in [2.05, 4.69) is 31.4 Å². The summed E-state index contributed by atoms with van der Waals surface area (Å²) in [5.41, 5.74) is 0.442. The quantitative estimate of drug-likeness (QED) is 0.681. The van der Waals surface area contributed by atoms with E-state index in [4.69, 9.17) is 0 Å². The molecule has 0 spiro atoms. The second-order valence-electron chi connectivity index (χ2n) is 6.41. The summed E-state index contributed by atoms with van der Waals surface area (Å²) in [6.45, 7) is 2.75. The van der Waals surface area contributed by atoms with Gasteiger partial charge in [0.2, 0.25) is 5.91 Å². The fourth-order valence-corrected chi connectivity index (χ4v) is 2.99. The molecule has 26 heavy (non-hydrogen) atoms. The van der Waals surface area contributed by atoms with Crippen molar-refractivity contribution >= 4 is 21.8 Å². The highest BCUT2D eigenvalue weighted by Crippen LogP contribution is 2.42. The smallest absolute Gasteiger partial charge is 0.354 e. The number of carbonyl (C=O) groups is 1. The number of aromatic nitrogens is 4. The van der Waals surface area contributed by atoms with Gasteiger partial charge in [0.05, 0.1) is 10.2 Å². The molecule has 1 aliphatic rings. The molecule has 0 unspecified atom stereocenters. The Morgan fingerprint density at radius 3 is 2.69 bits per heavy atom. The summed E-state index contributed by atoms with van der Waals surface area (Å²) < 4.78 is 42.4. The van der Waals surface area contributed by atoms with E-state index in [9.17, 15) is 18.0 Å². The molecule has 0 saturated heterocycles. The van der Waals surface area contributed by atoms with Gasteiger partial charge in [-0.2, -0.15) is 23.4 Å². The van der Waals surface area contributed by atoms with Crippen LogP contribution >= 0.6 is 15.9 Å². The highest BCUT2D eigenvalue weighted by molar-refractivity contribution is 9.10. The van der Waals surface area contributed by atoms with Gasteiger partial charge in [-0.15, -0.1) is 0 Å². The van der Waals surface area contributed by atoms with Crippen molar-refractivity contribution in [3.8, 4) is 0 Å². The lowest BCUT2D eigenvalue weighted by Crippen LogP contribution is -2.30. The Morgan fingerprint density at radius 2 is 2.12 bits per heavy atom. The van der Waals surface area contributed by atoms with Gasteiger partial charge in [-0.25, -0.2) is 0 Å². The average molecular weight is 434 g/mol. The van der Waals surface area contributed by atoms with Gasteiger partial charge in [0.1, 0.15) is 6.54 Å². The van der Waals surface area contributed by atoms with E-state index in [0.29, 0.717) is 25.2 Å². The van der Waals surface area contributed by atoms with Crippen LogP contribution in [0, 0.1) is 6.92 Å². The molecule has 2 aromatic rings. The zero-order valence-electron chi connectivity index (χ0n) is 14.2. The Morgan fingerprint density at radius 1 is 1.38 bits per heavy atom. The fourth-order valence-electron chi connectivity index (χ4n) is 2.67. The van der Waals surface area contributed by atoms with Gasteiger partial charge in [0.25, 0.3) is 0 Å². The Kier molecular flexibility index (Phi) is 5.40. The lowest BCUT2D eigenvalue weighted by atomic mass is 10.2. The average Bonchev–Trinajstić information content (AvgIpc) is 3.22. The van der Waals surface area contributed by atoms with Crippen molar-refractivity contribution in [3.63, 3.8) is 0 Å². The number of nitrogens with zero attached hydrogens (tertiary/aromatic N) is 4. The van der Waals surface area contributed by atoms with Gasteiger partial charge >= 0.3 is 6.18 Å². The minimum atomic E-state index is -4.50. The molecule has 2 heterocycles. The molecule has 3 rings (SSSR count). The highest BCUT2D eigenvalue weighted by atomic mass is 79.9. The van der Waals surface area contributed by atoms with Gasteiger partial charge in [-0.3, -0.25) is 14.2 Å². The van der Waals surface area contributed by atoms with Gasteiger partial charge in [-0.1, -0.05) is 0 Å². The van der Waals surface area contributed by atoms with Gasteiger partial charge in [0, 0.05) is 30.9 Å². The van der Waals surface area contributed by atoms with Gasteiger partial charge < -0.3 is 5.32 Å². The van der Waals surface area contributed by atoms with Crippen molar-refractivity contribution in [1.29, 1.82) is 0 Å². The van der Waals surface area contributed by atoms with Crippen LogP contribution in [0.2, 0.25) is 0 Å². The zero-order chi connectivity index (χ0) is 18.9. The molecule has 2 aromatic heterocycles. The van der Waals surface area contributed by atoms with Crippen LogP contribution in [-0.4, -0.2) is 32.0 Å². The number of aryl methyl sites for hydroxylation is 2. The number of alkyl halides is 3. The molecule has 1 saturated carbocycles. The molecule has 0 radical (unpaired) electrons. The Bertz CT molecular complexity index is 775. The van der Waals surface area contributed by atoms with Crippen LogP contribution in [-0.2, 0) is 24.1 Å². The summed E-state index contributed by atoms with van der Waals surface area (Å²) in [6.07, 6.45) is -0.294. The van der Waals surface area contributed by atoms with Crippen LogP contribution in [0.15, 0.2) is 16.7 Å². The summed E-state index contributed by atoms with van der Waals surface area (Å²) in [4.78, 5) is 12.1. The van der Waals surface area contributed by atoms with Crippen molar-refractivity contribution in [2.24, 2.45) is 0 Å². The summed E-state index contributed by atoms with van der Waals surface area (Å²) in [5.74, 6) is -0.269. The Hall–Kier alpha value is -1.84. The minimum absolute atomic E-state index is 0.0768. The lowest BCUT2D eigenvalue weighted by Gasteiger charge is -2.08. The van der Waals surface area contributed by atoms with E-state index in [1.54, 1.807) is 4.68 Å². The normalized spacial score (nSPS) is 14.7. The number of rotatable bonds is 7. The van der Waals surface area contributed by atoms with E-state index in [0.717, 1.165) is 29.1 Å². The topological polar surface area (TPSA) is 64.7 Å². The fraction of sp³-hybridized carbons (Fsp3) is 0.562. The molecule has 0 aliphatic heterocycles. The largest absolute Gasteiger partial charge is 0.435 e. The van der Waals surface area contributed by atoms with Gasteiger partial charge in [0.15, 0.2) is 5.69 Å². The molecule has 1 amide bonds. The van der Waals surface area contributed by atoms with E-state index in [-0.39, 0.29) is 18.4 Å². The molecule has 142 valence electrons. The molecule has 1 fully saturated rings. The summed E-state index contributed by atoms with van der Waals surface area (Å²) in [6, 6.07) is 1.06. The van der Waals surface area contributed by atoms with Crippen molar-refractivity contribution in [2.45, 2.75) is 51.4 Å². The number of hydrogen-bond donors (Lipinski definition) is 1. The van der Waals surface area contributed by atoms with Crippen LogP contribution in [0.4, 0.5) is 13.2 Å².